The van der Waals surface area contributed by atoms with Gasteiger partial charge in [0.25, 0.3) is 5.91 Å². The molecule has 1 atom stereocenters. The molecular formula is C18H26N4O3. The number of carbonyl (C=O) groups is 3. The van der Waals surface area contributed by atoms with Crippen LogP contribution < -0.4 is 16.4 Å². The van der Waals surface area contributed by atoms with Gasteiger partial charge in [-0.1, -0.05) is 17.2 Å². The molecule has 0 bridgehead atoms. The van der Waals surface area contributed by atoms with Crippen LogP contribution in [-0.2, 0) is 4.79 Å². The summed E-state index contributed by atoms with van der Waals surface area (Å²) in [4.78, 5) is 37.4. The second kappa shape index (κ2) is 8.50. The Kier molecular flexibility index (Phi) is 6.38. The minimum absolute atomic E-state index is 0.0281. The van der Waals surface area contributed by atoms with Crippen LogP contribution in [0.3, 0.4) is 0 Å². The van der Waals surface area contributed by atoms with Gasteiger partial charge in [-0.05, 0) is 38.8 Å². The number of benzene rings is 1. The van der Waals surface area contributed by atoms with E-state index in [9.17, 15) is 14.4 Å². The predicted molar refractivity (Wildman–Crippen MR) is 95.1 cm³/mol. The third-order valence-corrected chi connectivity index (χ3v) is 4.27. The van der Waals surface area contributed by atoms with E-state index in [1.165, 1.54) is 0 Å². The van der Waals surface area contributed by atoms with Crippen LogP contribution in [0.2, 0.25) is 0 Å². The topological polar surface area (TPSA) is 105 Å². The second-order valence-corrected chi connectivity index (χ2v) is 6.55. The van der Waals surface area contributed by atoms with Gasteiger partial charge in [0, 0.05) is 31.7 Å². The van der Waals surface area contributed by atoms with Crippen molar-refractivity contribution < 1.29 is 14.4 Å². The first kappa shape index (κ1) is 18.8. The summed E-state index contributed by atoms with van der Waals surface area (Å²) in [7, 11) is 0. The zero-order chi connectivity index (χ0) is 18.4. The van der Waals surface area contributed by atoms with Crippen LogP contribution in [0.1, 0.15) is 34.3 Å². The van der Waals surface area contributed by atoms with Crippen LogP contribution in [0.25, 0.3) is 0 Å². The fourth-order valence-electron chi connectivity index (χ4n) is 3.17. The summed E-state index contributed by atoms with van der Waals surface area (Å²) in [6, 6.07) is 5.18. The van der Waals surface area contributed by atoms with E-state index in [0.29, 0.717) is 31.7 Å². The molecule has 0 aliphatic carbocycles. The Morgan fingerprint density at radius 3 is 2.40 bits per heavy atom. The van der Waals surface area contributed by atoms with Gasteiger partial charge in [0.05, 0.1) is 5.92 Å². The average molecular weight is 346 g/mol. The van der Waals surface area contributed by atoms with Gasteiger partial charge < -0.3 is 21.3 Å². The van der Waals surface area contributed by atoms with Crippen LogP contribution in [0.5, 0.6) is 0 Å². The zero-order valence-electron chi connectivity index (χ0n) is 14.8. The lowest BCUT2D eigenvalue weighted by Crippen LogP contribution is -2.46. The number of likely N-dealkylation sites (tertiary alicyclic amines) is 1. The number of hydrogen-bond acceptors (Lipinski definition) is 3. The van der Waals surface area contributed by atoms with E-state index in [-0.39, 0.29) is 17.7 Å². The van der Waals surface area contributed by atoms with E-state index in [4.69, 9.17) is 5.73 Å². The standard InChI is InChI=1S/C18H26N4O3/c1-12-8-13(2)10-15(9-12)17(24)22-7-3-4-14(11-22)16(23)20-5-6-21-18(19)25/h8-10,14H,3-7,11H2,1-2H3,(H,20,23)(H3,19,21,25). The molecule has 1 heterocycles. The maximum absolute atomic E-state index is 12.7. The number of rotatable bonds is 5. The Hall–Kier alpha value is -2.57. The Labute approximate surface area is 147 Å². The summed E-state index contributed by atoms with van der Waals surface area (Å²) in [5.74, 6) is -0.346. The van der Waals surface area contributed by atoms with Gasteiger partial charge in [-0.2, -0.15) is 0 Å². The van der Waals surface area contributed by atoms with Gasteiger partial charge in [-0.3, -0.25) is 9.59 Å². The quantitative estimate of drug-likeness (QED) is 0.691. The summed E-state index contributed by atoms with van der Waals surface area (Å²) in [5.41, 5.74) is 7.75. The number of hydrogen-bond donors (Lipinski definition) is 3. The van der Waals surface area contributed by atoms with Crippen molar-refractivity contribution in [3.8, 4) is 0 Å². The van der Waals surface area contributed by atoms with E-state index in [1.54, 1.807) is 4.90 Å². The van der Waals surface area contributed by atoms with E-state index < -0.39 is 6.03 Å². The van der Waals surface area contributed by atoms with Crippen LogP contribution in [-0.4, -0.2) is 48.9 Å². The molecule has 4 amide bonds. The molecule has 136 valence electrons. The number of nitrogens with one attached hydrogen (secondary N) is 2. The van der Waals surface area contributed by atoms with Gasteiger partial charge in [0.15, 0.2) is 0 Å². The summed E-state index contributed by atoms with van der Waals surface area (Å²) in [5, 5.41) is 5.20. The summed E-state index contributed by atoms with van der Waals surface area (Å²) >= 11 is 0. The van der Waals surface area contributed by atoms with Crippen molar-refractivity contribution in [1.29, 1.82) is 0 Å². The number of urea groups is 1. The normalized spacial score (nSPS) is 17.0. The minimum atomic E-state index is -0.614. The van der Waals surface area contributed by atoms with E-state index in [1.807, 2.05) is 32.0 Å². The van der Waals surface area contributed by atoms with E-state index >= 15 is 0 Å². The molecule has 25 heavy (non-hydrogen) atoms. The first-order valence-corrected chi connectivity index (χ1v) is 8.55. The molecule has 1 unspecified atom stereocenters. The number of carbonyl (C=O) groups excluding carboxylic acids is 3. The van der Waals surface area contributed by atoms with Gasteiger partial charge >= 0.3 is 6.03 Å². The molecule has 1 aromatic rings. The zero-order valence-corrected chi connectivity index (χ0v) is 14.8. The highest BCUT2D eigenvalue weighted by molar-refractivity contribution is 5.95. The number of nitrogens with zero attached hydrogens (tertiary/aromatic N) is 1. The van der Waals surface area contributed by atoms with Crippen LogP contribution >= 0.6 is 0 Å². The monoisotopic (exact) mass is 346 g/mol. The van der Waals surface area contributed by atoms with E-state index in [0.717, 1.165) is 24.0 Å². The van der Waals surface area contributed by atoms with Crippen molar-refractivity contribution in [3.63, 3.8) is 0 Å². The molecule has 1 aliphatic rings. The Bertz CT molecular complexity index is 639. The molecule has 0 spiro atoms. The third-order valence-electron chi connectivity index (χ3n) is 4.27. The van der Waals surface area contributed by atoms with Crippen molar-refractivity contribution in [2.24, 2.45) is 11.7 Å². The van der Waals surface area contributed by atoms with Crippen molar-refractivity contribution in [2.45, 2.75) is 26.7 Å². The number of piperidine rings is 1. The molecule has 7 nitrogen and oxygen atoms in total. The number of amides is 4. The van der Waals surface area contributed by atoms with Gasteiger partial charge in [-0.15, -0.1) is 0 Å². The Morgan fingerprint density at radius 2 is 1.76 bits per heavy atom. The molecule has 0 aromatic heterocycles. The summed E-state index contributed by atoms with van der Waals surface area (Å²) in [6.45, 7) is 5.63. The molecule has 1 aliphatic heterocycles. The first-order valence-electron chi connectivity index (χ1n) is 8.55. The van der Waals surface area contributed by atoms with Crippen molar-refractivity contribution in [3.05, 3.63) is 34.9 Å². The Balaban J connectivity index is 1.92. The van der Waals surface area contributed by atoms with Crippen molar-refractivity contribution >= 4 is 17.8 Å². The molecule has 1 saturated heterocycles. The predicted octanol–water partition coefficient (Wildman–Crippen LogP) is 0.940. The van der Waals surface area contributed by atoms with Crippen LogP contribution in [0.15, 0.2) is 18.2 Å². The second-order valence-electron chi connectivity index (χ2n) is 6.55. The van der Waals surface area contributed by atoms with Crippen LogP contribution in [0, 0.1) is 19.8 Å². The van der Waals surface area contributed by atoms with Gasteiger partial charge in [0.1, 0.15) is 0 Å². The lowest BCUT2D eigenvalue weighted by Gasteiger charge is -2.32. The number of primary amides is 1. The Morgan fingerprint density at radius 1 is 1.12 bits per heavy atom. The highest BCUT2D eigenvalue weighted by Crippen LogP contribution is 2.20. The van der Waals surface area contributed by atoms with Crippen LogP contribution in [0.4, 0.5) is 4.79 Å². The molecule has 2 rings (SSSR count). The molecule has 0 radical (unpaired) electrons. The summed E-state index contributed by atoms with van der Waals surface area (Å²) in [6.07, 6.45) is 1.56. The maximum atomic E-state index is 12.7. The molecule has 1 aromatic carbocycles. The van der Waals surface area contributed by atoms with Crippen molar-refractivity contribution in [2.75, 3.05) is 26.2 Å². The summed E-state index contributed by atoms with van der Waals surface area (Å²) < 4.78 is 0. The number of nitrogens with two attached hydrogens (primary N) is 1. The van der Waals surface area contributed by atoms with E-state index in [2.05, 4.69) is 10.6 Å². The lowest BCUT2D eigenvalue weighted by atomic mass is 9.96. The highest BCUT2D eigenvalue weighted by Gasteiger charge is 2.28. The molecule has 1 fully saturated rings. The molecule has 0 saturated carbocycles. The van der Waals surface area contributed by atoms with Crippen molar-refractivity contribution in [1.82, 2.24) is 15.5 Å². The number of aryl methyl sites for hydroxylation is 2. The average Bonchev–Trinajstić information content (AvgIpc) is 2.57. The fourth-order valence-corrected chi connectivity index (χ4v) is 3.17. The first-order chi connectivity index (χ1) is 11.9. The smallest absolute Gasteiger partial charge is 0.312 e. The maximum Gasteiger partial charge on any atom is 0.312 e. The minimum Gasteiger partial charge on any atom is -0.354 e. The molecule has 4 N–H and O–H groups in total. The fraction of sp³-hybridized carbons (Fsp3) is 0.500. The lowest BCUT2D eigenvalue weighted by molar-refractivity contribution is -0.126. The highest BCUT2D eigenvalue weighted by atomic mass is 16.2. The molecular weight excluding hydrogens is 320 g/mol. The SMILES string of the molecule is Cc1cc(C)cc(C(=O)N2CCCC(C(=O)NCCNC(N)=O)C2)c1. The third kappa shape index (κ3) is 5.48. The molecule has 7 heteroatoms. The van der Waals surface area contributed by atoms with Gasteiger partial charge in [0.2, 0.25) is 5.91 Å². The largest absolute Gasteiger partial charge is 0.354 e. The van der Waals surface area contributed by atoms with Gasteiger partial charge in [-0.25, -0.2) is 4.79 Å².